The average Bonchev–Trinajstić information content (AvgIpc) is 2.45. The van der Waals surface area contributed by atoms with Crippen LogP contribution < -0.4 is 5.32 Å². The summed E-state index contributed by atoms with van der Waals surface area (Å²) in [5, 5.41) is 3.61. The van der Waals surface area contributed by atoms with E-state index in [0.717, 1.165) is 6.54 Å². The molecule has 112 valence electrons. The molecule has 2 heteroatoms. The molecule has 1 N–H and O–H groups in total. The number of rotatable bonds is 5. The van der Waals surface area contributed by atoms with Gasteiger partial charge in [0.2, 0.25) is 0 Å². The first-order valence-electron chi connectivity index (χ1n) is 7.54. The molecule has 2 aromatic carbocycles. The summed E-state index contributed by atoms with van der Waals surface area (Å²) in [6.45, 7) is 9.82. The van der Waals surface area contributed by atoms with Gasteiger partial charge in [-0.1, -0.05) is 60.1 Å². The molecule has 1 atom stereocenters. The van der Waals surface area contributed by atoms with Gasteiger partial charge in [0.1, 0.15) is 0 Å². The maximum Gasteiger partial charge on any atom is 0.0346 e. The lowest BCUT2D eigenvalue weighted by Gasteiger charge is -2.23. The molecule has 0 aliphatic heterocycles. The third kappa shape index (κ3) is 4.10. The molecule has 0 saturated heterocycles. The number of nitrogens with one attached hydrogen (secondary N) is 1. The molecule has 0 spiro atoms. The molecular formula is C19H24BrN. The van der Waals surface area contributed by atoms with Gasteiger partial charge in [-0.15, -0.1) is 0 Å². The summed E-state index contributed by atoms with van der Waals surface area (Å²) in [6, 6.07) is 15.2. The van der Waals surface area contributed by atoms with Crippen molar-refractivity contribution in [2.24, 2.45) is 5.92 Å². The first kappa shape index (κ1) is 16.1. The van der Waals surface area contributed by atoms with E-state index in [1.54, 1.807) is 0 Å². The van der Waals surface area contributed by atoms with Crippen molar-refractivity contribution in [2.75, 3.05) is 11.9 Å². The molecule has 0 saturated carbocycles. The van der Waals surface area contributed by atoms with Crippen molar-refractivity contribution < 1.29 is 0 Å². The monoisotopic (exact) mass is 345 g/mol. The molecule has 0 aliphatic rings. The Kier molecular flexibility index (Phi) is 5.46. The standard InChI is InChI=1S/C19H24BrN/c1-13(2)18(16-8-6-5-7-9-16)12-21-17-10-14(3)19(20)15(4)11-17/h5-11,13,18,21H,12H2,1-4H3. The van der Waals surface area contributed by atoms with E-state index in [1.165, 1.54) is 26.9 Å². The number of aryl methyl sites for hydroxylation is 2. The van der Waals surface area contributed by atoms with Crippen LogP contribution in [0, 0.1) is 19.8 Å². The molecule has 0 heterocycles. The Hall–Kier alpha value is -1.28. The molecule has 0 fully saturated rings. The molecule has 1 unspecified atom stereocenters. The minimum atomic E-state index is 0.524. The number of benzene rings is 2. The second kappa shape index (κ2) is 7.13. The van der Waals surface area contributed by atoms with Gasteiger partial charge < -0.3 is 5.32 Å². The van der Waals surface area contributed by atoms with Gasteiger partial charge >= 0.3 is 0 Å². The van der Waals surface area contributed by atoms with E-state index in [2.05, 4.69) is 91.4 Å². The van der Waals surface area contributed by atoms with Crippen LogP contribution in [0.5, 0.6) is 0 Å². The second-order valence-corrected chi connectivity index (χ2v) is 6.86. The molecule has 2 rings (SSSR count). The van der Waals surface area contributed by atoms with Gasteiger partial charge in [0.05, 0.1) is 0 Å². The van der Waals surface area contributed by atoms with Gasteiger partial charge in [-0.05, 0) is 48.6 Å². The SMILES string of the molecule is Cc1cc(NCC(c2ccccc2)C(C)C)cc(C)c1Br. The van der Waals surface area contributed by atoms with Crippen LogP contribution in [-0.2, 0) is 0 Å². The van der Waals surface area contributed by atoms with Crippen LogP contribution in [0.2, 0.25) is 0 Å². The summed E-state index contributed by atoms with van der Waals surface area (Å²) >= 11 is 3.63. The highest BCUT2D eigenvalue weighted by atomic mass is 79.9. The van der Waals surface area contributed by atoms with E-state index in [9.17, 15) is 0 Å². The Morgan fingerprint density at radius 1 is 1.00 bits per heavy atom. The Balaban J connectivity index is 2.13. The lowest BCUT2D eigenvalue weighted by atomic mass is 9.88. The number of hydrogen-bond acceptors (Lipinski definition) is 1. The highest BCUT2D eigenvalue weighted by Gasteiger charge is 2.15. The Morgan fingerprint density at radius 2 is 1.57 bits per heavy atom. The van der Waals surface area contributed by atoms with Crippen molar-refractivity contribution in [3.8, 4) is 0 Å². The van der Waals surface area contributed by atoms with Crippen LogP contribution in [0.25, 0.3) is 0 Å². The normalized spacial score (nSPS) is 12.5. The number of anilines is 1. The molecule has 0 radical (unpaired) electrons. The maximum absolute atomic E-state index is 3.63. The number of hydrogen-bond donors (Lipinski definition) is 1. The molecular weight excluding hydrogens is 322 g/mol. The van der Waals surface area contributed by atoms with Crippen molar-refractivity contribution in [1.82, 2.24) is 0 Å². The predicted molar refractivity (Wildman–Crippen MR) is 96.1 cm³/mol. The Morgan fingerprint density at radius 3 is 2.10 bits per heavy atom. The van der Waals surface area contributed by atoms with E-state index in [-0.39, 0.29) is 0 Å². The van der Waals surface area contributed by atoms with Gasteiger partial charge in [0.15, 0.2) is 0 Å². The fraction of sp³-hybridized carbons (Fsp3) is 0.368. The maximum atomic E-state index is 3.63. The minimum absolute atomic E-state index is 0.524. The summed E-state index contributed by atoms with van der Waals surface area (Å²) in [6.07, 6.45) is 0. The first-order chi connectivity index (χ1) is 9.99. The summed E-state index contributed by atoms with van der Waals surface area (Å²) in [4.78, 5) is 0. The smallest absolute Gasteiger partial charge is 0.0346 e. The van der Waals surface area contributed by atoms with Gasteiger partial charge in [-0.3, -0.25) is 0 Å². The fourth-order valence-electron chi connectivity index (χ4n) is 2.71. The fourth-order valence-corrected chi connectivity index (χ4v) is 2.94. The zero-order chi connectivity index (χ0) is 15.4. The third-order valence-corrected chi connectivity index (χ3v) is 5.25. The van der Waals surface area contributed by atoms with E-state index < -0.39 is 0 Å². The Labute approximate surface area is 136 Å². The molecule has 1 nitrogen and oxygen atoms in total. The largest absolute Gasteiger partial charge is 0.384 e. The number of halogens is 1. The second-order valence-electron chi connectivity index (χ2n) is 6.07. The quantitative estimate of drug-likeness (QED) is 0.709. The summed E-state index contributed by atoms with van der Waals surface area (Å²) in [5.41, 5.74) is 5.16. The van der Waals surface area contributed by atoms with Crippen LogP contribution >= 0.6 is 15.9 Å². The lowest BCUT2D eigenvalue weighted by Crippen LogP contribution is -2.17. The van der Waals surface area contributed by atoms with Crippen LogP contribution in [0.15, 0.2) is 46.9 Å². The van der Waals surface area contributed by atoms with Crippen LogP contribution in [0.4, 0.5) is 5.69 Å². The van der Waals surface area contributed by atoms with Crippen molar-refractivity contribution in [2.45, 2.75) is 33.6 Å². The van der Waals surface area contributed by atoms with E-state index in [0.29, 0.717) is 11.8 Å². The lowest BCUT2D eigenvalue weighted by molar-refractivity contribution is 0.517. The van der Waals surface area contributed by atoms with Crippen molar-refractivity contribution >= 4 is 21.6 Å². The molecule has 21 heavy (non-hydrogen) atoms. The molecule has 0 aliphatic carbocycles. The molecule has 0 amide bonds. The summed E-state index contributed by atoms with van der Waals surface area (Å²) < 4.78 is 1.21. The van der Waals surface area contributed by atoms with Crippen LogP contribution in [0.3, 0.4) is 0 Å². The van der Waals surface area contributed by atoms with Gasteiger partial charge in [0.25, 0.3) is 0 Å². The molecule has 0 bridgehead atoms. The van der Waals surface area contributed by atoms with E-state index >= 15 is 0 Å². The van der Waals surface area contributed by atoms with Gasteiger partial charge in [-0.25, -0.2) is 0 Å². The third-order valence-electron chi connectivity index (χ3n) is 4.00. The average molecular weight is 346 g/mol. The molecule has 0 aromatic heterocycles. The summed E-state index contributed by atoms with van der Waals surface area (Å²) in [7, 11) is 0. The van der Waals surface area contributed by atoms with E-state index in [4.69, 9.17) is 0 Å². The zero-order valence-corrected chi connectivity index (χ0v) is 14.9. The van der Waals surface area contributed by atoms with Crippen molar-refractivity contribution in [3.63, 3.8) is 0 Å². The van der Waals surface area contributed by atoms with Crippen molar-refractivity contribution in [3.05, 3.63) is 63.6 Å². The van der Waals surface area contributed by atoms with Gasteiger partial charge in [-0.2, -0.15) is 0 Å². The van der Waals surface area contributed by atoms with Gasteiger partial charge in [0, 0.05) is 22.6 Å². The van der Waals surface area contributed by atoms with Crippen molar-refractivity contribution in [1.29, 1.82) is 0 Å². The highest BCUT2D eigenvalue weighted by molar-refractivity contribution is 9.10. The van der Waals surface area contributed by atoms with Crippen LogP contribution in [0.1, 0.15) is 36.5 Å². The Bertz CT molecular complexity index is 567. The topological polar surface area (TPSA) is 12.0 Å². The summed E-state index contributed by atoms with van der Waals surface area (Å²) in [5.74, 6) is 1.13. The first-order valence-corrected chi connectivity index (χ1v) is 8.34. The minimum Gasteiger partial charge on any atom is -0.384 e. The molecule has 2 aromatic rings. The van der Waals surface area contributed by atoms with Crippen LogP contribution in [-0.4, -0.2) is 6.54 Å². The highest BCUT2D eigenvalue weighted by Crippen LogP contribution is 2.28. The predicted octanol–water partition coefficient (Wildman–Crippen LogP) is 5.92. The zero-order valence-electron chi connectivity index (χ0n) is 13.3. The van der Waals surface area contributed by atoms with E-state index in [1.807, 2.05) is 0 Å².